The van der Waals surface area contributed by atoms with Crippen LogP contribution in [0.3, 0.4) is 0 Å². The minimum absolute atomic E-state index is 0.166. The van der Waals surface area contributed by atoms with Crippen LogP contribution in [0.4, 0.5) is 5.13 Å². The maximum absolute atomic E-state index is 4.59. The van der Waals surface area contributed by atoms with Gasteiger partial charge in [-0.05, 0) is 27.7 Å². The molecule has 3 nitrogen and oxygen atoms in total. The molecule has 1 unspecified atom stereocenters. The first-order valence-corrected chi connectivity index (χ1v) is 8.47. The average Bonchev–Trinajstić information content (AvgIpc) is 2.75. The van der Waals surface area contributed by atoms with E-state index in [4.69, 9.17) is 0 Å². The molecule has 0 saturated carbocycles. The van der Waals surface area contributed by atoms with Crippen LogP contribution in [-0.4, -0.2) is 34.6 Å². The quantitative estimate of drug-likeness (QED) is 0.924. The number of nitrogens with one attached hydrogen (secondary N) is 1. The zero-order valence-corrected chi connectivity index (χ0v) is 13.3. The second kappa shape index (κ2) is 5.80. The minimum atomic E-state index is 0.166. The highest BCUT2D eigenvalue weighted by Gasteiger charge is 2.21. The molecule has 1 aromatic heterocycles. The second-order valence-electron chi connectivity index (χ2n) is 5.83. The van der Waals surface area contributed by atoms with Gasteiger partial charge in [-0.3, -0.25) is 0 Å². The number of thiazole rings is 1. The van der Waals surface area contributed by atoms with Crippen molar-refractivity contribution < 1.29 is 0 Å². The lowest BCUT2D eigenvalue weighted by molar-refractivity contribution is 0.426. The van der Waals surface area contributed by atoms with Crippen LogP contribution >= 0.6 is 23.1 Å². The summed E-state index contributed by atoms with van der Waals surface area (Å²) >= 11 is 3.87. The number of anilines is 1. The van der Waals surface area contributed by atoms with Gasteiger partial charge in [-0.2, -0.15) is 11.8 Å². The van der Waals surface area contributed by atoms with Crippen molar-refractivity contribution in [2.75, 3.05) is 23.0 Å². The van der Waals surface area contributed by atoms with Gasteiger partial charge in [-0.15, -0.1) is 11.3 Å². The summed E-state index contributed by atoms with van der Waals surface area (Å²) in [5, 5.41) is 4.70. The first-order valence-electron chi connectivity index (χ1n) is 6.50. The molecule has 5 heteroatoms. The van der Waals surface area contributed by atoms with E-state index in [2.05, 4.69) is 42.9 Å². The van der Waals surface area contributed by atoms with Gasteiger partial charge < -0.3 is 10.2 Å². The van der Waals surface area contributed by atoms with E-state index in [0.29, 0.717) is 6.04 Å². The van der Waals surface area contributed by atoms with E-state index < -0.39 is 0 Å². The molecule has 0 amide bonds. The largest absolute Gasteiger partial charge is 0.344 e. The SMILES string of the molecule is CC1CSCCN1c1ncc(CNC(C)(C)C)s1. The van der Waals surface area contributed by atoms with Crippen LogP contribution in [0.15, 0.2) is 6.20 Å². The van der Waals surface area contributed by atoms with Crippen LogP contribution in [0.5, 0.6) is 0 Å². The molecule has 18 heavy (non-hydrogen) atoms. The molecule has 1 saturated heterocycles. The highest BCUT2D eigenvalue weighted by molar-refractivity contribution is 7.99. The zero-order valence-electron chi connectivity index (χ0n) is 11.7. The summed E-state index contributed by atoms with van der Waals surface area (Å²) in [6.07, 6.45) is 2.02. The third-order valence-electron chi connectivity index (χ3n) is 2.95. The van der Waals surface area contributed by atoms with E-state index in [0.717, 1.165) is 13.1 Å². The third kappa shape index (κ3) is 3.87. The highest BCUT2D eigenvalue weighted by Crippen LogP contribution is 2.28. The maximum atomic E-state index is 4.59. The van der Waals surface area contributed by atoms with E-state index >= 15 is 0 Å². The monoisotopic (exact) mass is 285 g/mol. The number of hydrogen-bond acceptors (Lipinski definition) is 5. The van der Waals surface area contributed by atoms with Crippen molar-refractivity contribution in [3.05, 3.63) is 11.1 Å². The molecular formula is C13H23N3S2. The van der Waals surface area contributed by atoms with Gasteiger partial charge in [0.1, 0.15) is 0 Å². The molecule has 0 aromatic carbocycles. The van der Waals surface area contributed by atoms with Crippen molar-refractivity contribution in [3.8, 4) is 0 Å². The molecule has 1 aliphatic heterocycles. The van der Waals surface area contributed by atoms with Gasteiger partial charge in [0.05, 0.1) is 0 Å². The fourth-order valence-corrected chi connectivity index (χ4v) is 3.87. The number of hydrogen-bond donors (Lipinski definition) is 1. The van der Waals surface area contributed by atoms with Crippen molar-refractivity contribution in [2.45, 2.75) is 45.8 Å². The molecule has 0 spiro atoms. The van der Waals surface area contributed by atoms with Crippen LogP contribution < -0.4 is 10.2 Å². The Labute approximate surface area is 118 Å². The van der Waals surface area contributed by atoms with Crippen molar-refractivity contribution in [2.24, 2.45) is 0 Å². The van der Waals surface area contributed by atoms with E-state index in [-0.39, 0.29) is 5.54 Å². The van der Waals surface area contributed by atoms with E-state index in [1.807, 2.05) is 29.3 Å². The van der Waals surface area contributed by atoms with Crippen LogP contribution in [0.1, 0.15) is 32.6 Å². The first-order chi connectivity index (χ1) is 8.46. The van der Waals surface area contributed by atoms with E-state index in [9.17, 15) is 0 Å². The van der Waals surface area contributed by atoms with Gasteiger partial charge in [-0.1, -0.05) is 0 Å². The Hall–Kier alpha value is -0.260. The Kier molecular flexibility index (Phi) is 4.56. The lowest BCUT2D eigenvalue weighted by Gasteiger charge is -2.32. The summed E-state index contributed by atoms with van der Waals surface area (Å²) in [7, 11) is 0. The summed E-state index contributed by atoms with van der Waals surface area (Å²) in [4.78, 5) is 8.36. The molecule has 0 radical (unpaired) electrons. The number of nitrogens with zero attached hydrogens (tertiary/aromatic N) is 2. The van der Waals surface area contributed by atoms with Gasteiger partial charge in [0.15, 0.2) is 5.13 Å². The summed E-state index contributed by atoms with van der Waals surface area (Å²) in [6, 6.07) is 0.610. The summed E-state index contributed by atoms with van der Waals surface area (Å²) in [6.45, 7) is 10.9. The van der Waals surface area contributed by atoms with Gasteiger partial charge in [0.2, 0.25) is 0 Å². The number of thioether (sulfide) groups is 1. The van der Waals surface area contributed by atoms with Gasteiger partial charge >= 0.3 is 0 Å². The molecule has 102 valence electrons. The molecule has 1 aromatic rings. The predicted molar refractivity (Wildman–Crippen MR) is 82.8 cm³/mol. The van der Waals surface area contributed by atoms with Gasteiger partial charge in [0.25, 0.3) is 0 Å². The minimum Gasteiger partial charge on any atom is -0.344 e. The van der Waals surface area contributed by atoms with Gasteiger partial charge in [0, 0.05) is 47.2 Å². The molecule has 1 atom stereocenters. The first kappa shape index (κ1) is 14.2. The molecule has 0 bridgehead atoms. The molecule has 1 N–H and O–H groups in total. The van der Waals surface area contributed by atoms with Crippen molar-refractivity contribution >= 4 is 28.2 Å². The van der Waals surface area contributed by atoms with E-state index in [1.165, 1.54) is 21.5 Å². The van der Waals surface area contributed by atoms with Crippen LogP contribution in [0.2, 0.25) is 0 Å². The number of aromatic nitrogens is 1. The molecular weight excluding hydrogens is 262 g/mol. The molecule has 0 aliphatic carbocycles. The maximum Gasteiger partial charge on any atom is 0.185 e. The van der Waals surface area contributed by atoms with E-state index in [1.54, 1.807) is 0 Å². The Balaban J connectivity index is 1.97. The van der Waals surface area contributed by atoms with Crippen LogP contribution in [-0.2, 0) is 6.54 Å². The third-order valence-corrected chi connectivity index (χ3v) is 5.17. The average molecular weight is 285 g/mol. The van der Waals surface area contributed by atoms with Crippen molar-refractivity contribution in [1.29, 1.82) is 0 Å². The fraction of sp³-hybridized carbons (Fsp3) is 0.769. The Morgan fingerprint density at radius 2 is 2.28 bits per heavy atom. The molecule has 2 heterocycles. The summed E-state index contributed by atoms with van der Waals surface area (Å²) in [5.41, 5.74) is 0.166. The summed E-state index contributed by atoms with van der Waals surface area (Å²) in [5.74, 6) is 2.44. The van der Waals surface area contributed by atoms with Crippen molar-refractivity contribution in [1.82, 2.24) is 10.3 Å². The topological polar surface area (TPSA) is 28.2 Å². The fourth-order valence-electron chi connectivity index (χ4n) is 1.88. The lowest BCUT2D eigenvalue weighted by atomic mass is 10.1. The van der Waals surface area contributed by atoms with Crippen molar-refractivity contribution in [3.63, 3.8) is 0 Å². The zero-order chi connectivity index (χ0) is 13.2. The number of rotatable bonds is 3. The highest BCUT2D eigenvalue weighted by atomic mass is 32.2. The second-order valence-corrected chi connectivity index (χ2v) is 8.07. The summed E-state index contributed by atoms with van der Waals surface area (Å²) < 4.78 is 0. The van der Waals surface area contributed by atoms with Crippen LogP contribution in [0, 0.1) is 0 Å². The smallest absolute Gasteiger partial charge is 0.185 e. The normalized spacial score (nSPS) is 21.3. The molecule has 2 rings (SSSR count). The standard InChI is InChI=1S/C13H23N3S2/c1-10-9-17-6-5-16(10)12-14-7-11(18-12)8-15-13(2,3)4/h7,10,15H,5-6,8-9H2,1-4H3. The lowest BCUT2D eigenvalue weighted by Crippen LogP contribution is -2.40. The Morgan fingerprint density at radius 3 is 2.94 bits per heavy atom. The Morgan fingerprint density at radius 1 is 1.50 bits per heavy atom. The molecule has 1 fully saturated rings. The predicted octanol–water partition coefficient (Wildman–Crippen LogP) is 2.97. The molecule has 1 aliphatic rings. The van der Waals surface area contributed by atoms with Gasteiger partial charge in [-0.25, -0.2) is 4.98 Å². The van der Waals surface area contributed by atoms with Crippen LogP contribution in [0.25, 0.3) is 0 Å². The Bertz CT molecular complexity index is 384.